The Hall–Kier alpha value is -0.610. The van der Waals surface area contributed by atoms with Gasteiger partial charge in [-0.05, 0) is 64.6 Å². The van der Waals surface area contributed by atoms with E-state index in [1.165, 1.54) is 32.4 Å². The van der Waals surface area contributed by atoms with Gasteiger partial charge < -0.3 is 15.3 Å². The third-order valence-corrected chi connectivity index (χ3v) is 4.82. The van der Waals surface area contributed by atoms with Gasteiger partial charge >= 0.3 is 5.97 Å². The van der Waals surface area contributed by atoms with E-state index in [-0.39, 0.29) is 5.92 Å². The Bertz CT molecular complexity index is 288. The largest absolute Gasteiger partial charge is 0.481 e. The van der Waals surface area contributed by atoms with Crippen molar-refractivity contribution in [3.63, 3.8) is 0 Å². The van der Waals surface area contributed by atoms with Crippen LogP contribution in [0.25, 0.3) is 0 Å². The lowest BCUT2D eigenvalue weighted by Gasteiger charge is -2.30. The molecule has 2 fully saturated rings. The molecule has 0 bridgehead atoms. The number of likely N-dealkylation sites (tertiary alicyclic amines) is 1. The van der Waals surface area contributed by atoms with E-state index in [4.69, 9.17) is 5.11 Å². The highest BCUT2D eigenvalue weighted by Crippen LogP contribution is 2.25. The van der Waals surface area contributed by atoms with Crippen LogP contribution in [0.2, 0.25) is 0 Å². The van der Waals surface area contributed by atoms with Crippen molar-refractivity contribution < 1.29 is 9.90 Å². The topological polar surface area (TPSA) is 52.6 Å². The number of nitrogens with zero attached hydrogens (tertiary/aromatic N) is 1. The number of hydrogen-bond donors (Lipinski definition) is 2. The molecule has 1 saturated heterocycles. The van der Waals surface area contributed by atoms with Crippen molar-refractivity contribution in [2.75, 3.05) is 19.6 Å². The molecular weight excluding hydrogens is 240 g/mol. The smallest absolute Gasteiger partial charge is 0.306 e. The van der Waals surface area contributed by atoms with Gasteiger partial charge in [0.15, 0.2) is 0 Å². The van der Waals surface area contributed by atoms with Gasteiger partial charge in [-0.2, -0.15) is 0 Å². The quantitative estimate of drug-likeness (QED) is 0.820. The minimum absolute atomic E-state index is 0.0947. The number of rotatable bonds is 4. The first-order chi connectivity index (χ1) is 9.19. The summed E-state index contributed by atoms with van der Waals surface area (Å²) in [4.78, 5) is 13.5. The van der Waals surface area contributed by atoms with Gasteiger partial charge in [-0.25, -0.2) is 0 Å². The molecule has 1 aliphatic carbocycles. The van der Waals surface area contributed by atoms with E-state index in [0.29, 0.717) is 12.1 Å². The number of hydrogen-bond acceptors (Lipinski definition) is 3. The summed E-state index contributed by atoms with van der Waals surface area (Å²) in [5.41, 5.74) is 0. The summed E-state index contributed by atoms with van der Waals surface area (Å²) >= 11 is 0. The molecule has 2 N–H and O–H groups in total. The van der Waals surface area contributed by atoms with Crippen LogP contribution in [0.5, 0.6) is 0 Å². The molecule has 2 aliphatic rings. The zero-order valence-corrected chi connectivity index (χ0v) is 12.1. The van der Waals surface area contributed by atoms with E-state index in [0.717, 1.165) is 32.2 Å². The van der Waals surface area contributed by atoms with Gasteiger partial charge in [0.2, 0.25) is 0 Å². The number of carbonyl (C=O) groups is 1. The molecule has 2 rings (SSSR count). The Morgan fingerprint density at radius 3 is 2.42 bits per heavy atom. The summed E-state index contributed by atoms with van der Waals surface area (Å²) < 4.78 is 0. The second-order valence-electron chi connectivity index (χ2n) is 6.12. The normalized spacial score (nSPS) is 33.8. The van der Waals surface area contributed by atoms with E-state index in [1.54, 1.807) is 0 Å². The molecule has 4 heteroatoms. The fourth-order valence-corrected chi connectivity index (χ4v) is 3.48. The van der Waals surface area contributed by atoms with Crippen LogP contribution in [-0.4, -0.2) is 47.7 Å². The lowest BCUT2D eigenvalue weighted by atomic mass is 9.85. The predicted octanol–water partition coefficient (Wildman–Crippen LogP) is 2.09. The number of carboxylic acids is 1. The Morgan fingerprint density at radius 1 is 1.11 bits per heavy atom. The van der Waals surface area contributed by atoms with Gasteiger partial charge in [0, 0.05) is 12.1 Å². The highest BCUT2D eigenvalue weighted by atomic mass is 16.4. The van der Waals surface area contributed by atoms with Crippen LogP contribution < -0.4 is 5.32 Å². The SMILES string of the molecule is CCN1CCCC(NC2CCC(C(=O)O)CC2)CC1. The van der Waals surface area contributed by atoms with Crippen molar-refractivity contribution in [3.8, 4) is 0 Å². The molecule has 110 valence electrons. The lowest BCUT2D eigenvalue weighted by molar-refractivity contribution is -0.142. The first kappa shape index (κ1) is 14.8. The summed E-state index contributed by atoms with van der Waals surface area (Å²) in [6.07, 6.45) is 7.57. The van der Waals surface area contributed by atoms with Crippen LogP contribution in [0, 0.1) is 5.92 Å². The molecule has 0 amide bonds. The maximum Gasteiger partial charge on any atom is 0.306 e. The summed E-state index contributed by atoms with van der Waals surface area (Å²) in [6.45, 7) is 5.84. The van der Waals surface area contributed by atoms with Crippen molar-refractivity contribution in [3.05, 3.63) is 0 Å². The number of nitrogens with one attached hydrogen (secondary N) is 1. The Kier molecular flexibility index (Phi) is 5.64. The van der Waals surface area contributed by atoms with Gasteiger partial charge in [-0.3, -0.25) is 4.79 Å². The minimum Gasteiger partial charge on any atom is -0.481 e. The molecule has 0 aromatic carbocycles. The number of aliphatic carboxylic acids is 1. The summed E-state index contributed by atoms with van der Waals surface area (Å²) in [5, 5.41) is 12.8. The van der Waals surface area contributed by atoms with Gasteiger partial charge in [-0.1, -0.05) is 6.92 Å². The molecular formula is C15H28N2O2. The van der Waals surface area contributed by atoms with Crippen molar-refractivity contribution in [1.82, 2.24) is 10.2 Å². The fourth-order valence-electron chi connectivity index (χ4n) is 3.48. The second kappa shape index (κ2) is 7.25. The summed E-state index contributed by atoms with van der Waals surface area (Å²) in [7, 11) is 0. The average Bonchev–Trinajstić information content (AvgIpc) is 2.64. The molecule has 1 atom stereocenters. The number of carboxylic acid groups (broad SMARTS) is 1. The van der Waals surface area contributed by atoms with Crippen molar-refractivity contribution in [2.24, 2.45) is 5.92 Å². The lowest BCUT2D eigenvalue weighted by Crippen LogP contribution is -2.41. The second-order valence-corrected chi connectivity index (χ2v) is 6.12. The average molecular weight is 268 g/mol. The van der Waals surface area contributed by atoms with Crippen LogP contribution in [0.1, 0.15) is 51.9 Å². The zero-order chi connectivity index (χ0) is 13.7. The zero-order valence-electron chi connectivity index (χ0n) is 12.1. The molecule has 0 spiro atoms. The van der Waals surface area contributed by atoms with Crippen molar-refractivity contribution in [2.45, 2.75) is 64.0 Å². The third kappa shape index (κ3) is 4.46. The highest BCUT2D eigenvalue weighted by Gasteiger charge is 2.27. The minimum atomic E-state index is -0.605. The molecule has 0 aromatic heterocycles. The Balaban J connectivity index is 1.72. The van der Waals surface area contributed by atoms with Crippen LogP contribution >= 0.6 is 0 Å². The van der Waals surface area contributed by atoms with E-state index < -0.39 is 5.97 Å². The van der Waals surface area contributed by atoms with Crippen LogP contribution in [0.4, 0.5) is 0 Å². The molecule has 19 heavy (non-hydrogen) atoms. The first-order valence-electron chi connectivity index (χ1n) is 7.90. The van der Waals surface area contributed by atoms with Gasteiger partial charge in [0.25, 0.3) is 0 Å². The Morgan fingerprint density at radius 2 is 1.79 bits per heavy atom. The van der Waals surface area contributed by atoms with E-state index in [9.17, 15) is 4.79 Å². The molecule has 1 aliphatic heterocycles. The molecule has 1 unspecified atom stereocenters. The monoisotopic (exact) mass is 268 g/mol. The van der Waals surface area contributed by atoms with Gasteiger partial charge in [0.1, 0.15) is 0 Å². The van der Waals surface area contributed by atoms with Crippen molar-refractivity contribution in [1.29, 1.82) is 0 Å². The summed E-state index contributed by atoms with van der Waals surface area (Å²) in [5.74, 6) is -0.700. The van der Waals surface area contributed by atoms with E-state index in [2.05, 4.69) is 17.1 Å². The standard InChI is InChI=1S/C15H28N2O2/c1-2-17-10-3-4-13(9-11-17)16-14-7-5-12(6-8-14)15(18)19/h12-14,16H,2-11H2,1H3,(H,18,19). The maximum atomic E-state index is 10.9. The molecule has 0 radical (unpaired) electrons. The van der Waals surface area contributed by atoms with Crippen LogP contribution in [0.15, 0.2) is 0 Å². The fraction of sp³-hybridized carbons (Fsp3) is 0.933. The molecule has 0 aromatic rings. The van der Waals surface area contributed by atoms with Gasteiger partial charge in [0.05, 0.1) is 5.92 Å². The molecule has 1 heterocycles. The first-order valence-corrected chi connectivity index (χ1v) is 7.90. The highest BCUT2D eigenvalue weighted by molar-refractivity contribution is 5.70. The van der Waals surface area contributed by atoms with Gasteiger partial charge in [-0.15, -0.1) is 0 Å². The summed E-state index contributed by atoms with van der Waals surface area (Å²) in [6, 6.07) is 1.19. The Labute approximate surface area is 116 Å². The maximum absolute atomic E-state index is 10.9. The van der Waals surface area contributed by atoms with E-state index >= 15 is 0 Å². The predicted molar refractivity (Wildman–Crippen MR) is 76.3 cm³/mol. The molecule has 1 saturated carbocycles. The van der Waals surface area contributed by atoms with Crippen LogP contribution in [-0.2, 0) is 4.79 Å². The third-order valence-electron chi connectivity index (χ3n) is 4.82. The van der Waals surface area contributed by atoms with E-state index in [1.807, 2.05) is 0 Å². The van der Waals surface area contributed by atoms with Crippen molar-refractivity contribution >= 4 is 5.97 Å². The molecule has 4 nitrogen and oxygen atoms in total. The van der Waals surface area contributed by atoms with Crippen LogP contribution in [0.3, 0.4) is 0 Å².